The molecular formula is C24H34N2O6S. The lowest BCUT2D eigenvalue weighted by Crippen LogP contribution is -2.45. The molecule has 0 spiro atoms. The monoisotopic (exact) mass is 478 g/mol. The number of carbonyl (C=O) groups excluding carboxylic acids is 2. The van der Waals surface area contributed by atoms with Crippen molar-refractivity contribution in [1.29, 1.82) is 0 Å². The van der Waals surface area contributed by atoms with Crippen molar-refractivity contribution < 1.29 is 27.5 Å². The van der Waals surface area contributed by atoms with Gasteiger partial charge in [-0.2, -0.15) is 4.72 Å². The molecule has 0 unspecified atom stereocenters. The predicted molar refractivity (Wildman–Crippen MR) is 126 cm³/mol. The third-order valence-corrected chi connectivity index (χ3v) is 6.97. The summed E-state index contributed by atoms with van der Waals surface area (Å²) in [5.74, 6) is -1.53. The number of Topliss-reactive ketones (excluding diaryl/α,β-unsaturated/α-hetero) is 1. The minimum atomic E-state index is -3.93. The highest BCUT2D eigenvalue weighted by atomic mass is 32.2. The van der Waals surface area contributed by atoms with Gasteiger partial charge < -0.3 is 14.0 Å². The molecule has 2 aromatic rings. The molecule has 0 saturated heterocycles. The fourth-order valence-corrected chi connectivity index (χ4v) is 5.10. The summed E-state index contributed by atoms with van der Waals surface area (Å²) in [6, 6.07) is 6.99. The molecular weight excluding hydrogens is 444 g/mol. The van der Waals surface area contributed by atoms with Crippen molar-refractivity contribution in [3.05, 3.63) is 52.8 Å². The molecule has 0 radical (unpaired) electrons. The molecule has 0 bridgehead atoms. The van der Waals surface area contributed by atoms with Crippen molar-refractivity contribution in [2.45, 2.75) is 58.5 Å². The van der Waals surface area contributed by atoms with Crippen molar-refractivity contribution in [3.63, 3.8) is 0 Å². The van der Waals surface area contributed by atoms with E-state index in [2.05, 4.69) is 4.72 Å². The van der Waals surface area contributed by atoms with E-state index in [4.69, 9.17) is 9.47 Å². The van der Waals surface area contributed by atoms with Crippen LogP contribution in [0.15, 0.2) is 35.2 Å². The molecule has 1 aromatic carbocycles. The number of hydrogen-bond acceptors (Lipinski definition) is 6. The van der Waals surface area contributed by atoms with Crippen LogP contribution < -0.4 is 4.72 Å². The van der Waals surface area contributed by atoms with Crippen LogP contribution in [0.4, 0.5) is 0 Å². The van der Waals surface area contributed by atoms with Gasteiger partial charge in [0.05, 0.1) is 17.5 Å². The molecule has 9 heteroatoms. The summed E-state index contributed by atoms with van der Waals surface area (Å²) in [5.41, 5.74) is 3.05. The van der Waals surface area contributed by atoms with Gasteiger partial charge in [-0.1, -0.05) is 31.5 Å². The molecule has 182 valence electrons. The Morgan fingerprint density at radius 3 is 2.21 bits per heavy atom. The van der Waals surface area contributed by atoms with Crippen LogP contribution in [0.1, 0.15) is 54.1 Å². The van der Waals surface area contributed by atoms with E-state index in [1.165, 1.54) is 12.1 Å². The highest BCUT2D eigenvalue weighted by molar-refractivity contribution is 7.89. The molecule has 0 fully saturated rings. The summed E-state index contributed by atoms with van der Waals surface area (Å²) in [4.78, 5) is 25.6. The molecule has 2 rings (SSSR count). The zero-order chi connectivity index (χ0) is 24.9. The van der Waals surface area contributed by atoms with E-state index < -0.39 is 28.6 Å². The van der Waals surface area contributed by atoms with Gasteiger partial charge in [0.15, 0.2) is 6.61 Å². The fraction of sp³-hybridized carbons (Fsp3) is 0.500. The molecule has 1 N–H and O–H groups in total. The fourth-order valence-electron chi connectivity index (χ4n) is 3.77. The van der Waals surface area contributed by atoms with E-state index in [9.17, 15) is 18.0 Å². The molecule has 33 heavy (non-hydrogen) atoms. The first-order chi connectivity index (χ1) is 15.4. The number of sulfonamides is 1. The van der Waals surface area contributed by atoms with Crippen molar-refractivity contribution >= 4 is 21.8 Å². The highest BCUT2D eigenvalue weighted by Crippen LogP contribution is 2.21. The van der Waals surface area contributed by atoms with E-state index in [1.54, 1.807) is 39.2 Å². The third kappa shape index (κ3) is 6.52. The lowest BCUT2D eigenvalue weighted by molar-refractivity contribution is -0.145. The number of esters is 1. The number of rotatable bonds is 11. The molecule has 0 amide bonds. The maximum atomic E-state index is 12.8. The summed E-state index contributed by atoms with van der Waals surface area (Å²) in [7, 11) is -2.31. The minimum absolute atomic E-state index is 0.0422. The van der Waals surface area contributed by atoms with Crippen LogP contribution in [-0.4, -0.2) is 51.1 Å². The zero-order valence-corrected chi connectivity index (χ0v) is 21.2. The van der Waals surface area contributed by atoms with Gasteiger partial charge in [0, 0.05) is 24.1 Å². The van der Waals surface area contributed by atoms with Crippen LogP contribution in [0.2, 0.25) is 0 Å². The number of nitrogens with zero attached hydrogens (tertiary/aromatic N) is 1. The highest BCUT2D eigenvalue weighted by Gasteiger charge is 2.30. The number of ketones is 1. The van der Waals surface area contributed by atoms with Crippen molar-refractivity contribution in [2.24, 2.45) is 5.92 Å². The quantitative estimate of drug-likeness (QED) is 0.392. The summed E-state index contributed by atoms with van der Waals surface area (Å²) >= 11 is 0. The lowest BCUT2D eigenvalue weighted by Gasteiger charge is -2.21. The van der Waals surface area contributed by atoms with Gasteiger partial charge in [-0.15, -0.1) is 0 Å². The third-order valence-electron chi connectivity index (χ3n) is 5.51. The first-order valence-electron chi connectivity index (χ1n) is 10.8. The number of aryl methyl sites for hydroxylation is 2. The summed E-state index contributed by atoms with van der Waals surface area (Å²) in [6.45, 7) is 11.0. The zero-order valence-electron chi connectivity index (χ0n) is 20.3. The Balaban J connectivity index is 2.12. The molecule has 8 nitrogen and oxygen atoms in total. The Morgan fingerprint density at radius 1 is 1.06 bits per heavy atom. The summed E-state index contributed by atoms with van der Waals surface area (Å²) < 4.78 is 40.3. The van der Waals surface area contributed by atoms with Crippen LogP contribution in [0, 0.1) is 26.7 Å². The summed E-state index contributed by atoms with van der Waals surface area (Å²) in [5, 5.41) is 0. The average Bonchev–Trinajstić information content (AvgIpc) is 3.04. The standard InChI is InChI=1S/C24H34N2O6S/c1-15(2)23(25-33(29,30)20-10-8-16(3)9-11-20)24(28)32-14-22(27)21-12-17(4)26(19(21)6)18(5)13-31-7/h8-12,15,18,23,25H,13-14H2,1-7H3/t18-,23-/m0/s1. The SMILES string of the molecule is COC[C@H](C)n1c(C)cc(C(=O)COC(=O)[C@@H](NS(=O)(=O)c2ccc(C)cc2)C(C)C)c1C. The van der Waals surface area contributed by atoms with E-state index >= 15 is 0 Å². The number of methoxy groups -OCH3 is 1. The minimum Gasteiger partial charge on any atom is -0.456 e. The van der Waals surface area contributed by atoms with E-state index in [0.717, 1.165) is 17.0 Å². The molecule has 0 aliphatic rings. The van der Waals surface area contributed by atoms with E-state index in [1.807, 2.05) is 32.3 Å². The number of carbonyl (C=O) groups is 2. The molecule has 2 atom stereocenters. The van der Waals surface area contributed by atoms with E-state index in [-0.39, 0.29) is 22.6 Å². The van der Waals surface area contributed by atoms with Gasteiger partial charge in [-0.05, 0) is 51.8 Å². The topological polar surface area (TPSA) is 104 Å². The molecule has 1 aromatic heterocycles. The number of nitrogens with one attached hydrogen (secondary N) is 1. The van der Waals surface area contributed by atoms with Gasteiger partial charge in [-0.25, -0.2) is 8.42 Å². The van der Waals surface area contributed by atoms with Gasteiger partial charge >= 0.3 is 5.97 Å². The van der Waals surface area contributed by atoms with Gasteiger partial charge in [0.25, 0.3) is 0 Å². The van der Waals surface area contributed by atoms with Gasteiger partial charge in [-0.3, -0.25) is 9.59 Å². The van der Waals surface area contributed by atoms with E-state index in [0.29, 0.717) is 12.2 Å². The Morgan fingerprint density at radius 2 is 1.67 bits per heavy atom. The molecule has 0 aliphatic heterocycles. The van der Waals surface area contributed by atoms with Gasteiger partial charge in [0.1, 0.15) is 6.04 Å². The van der Waals surface area contributed by atoms with Crippen LogP contribution in [0.25, 0.3) is 0 Å². The Hall–Kier alpha value is -2.49. The summed E-state index contributed by atoms with van der Waals surface area (Å²) in [6.07, 6.45) is 0. The van der Waals surface area contributed by atoms with Crippen molar-refractivity contribution in [1.82, 2.24) is 9.29 Å². The molecule has 0 saturated carbocycles. The van der Waals surface area contributed by atoms with Crippen molar-refractivity contribution in [3.8, 4) is 0 Å². The van der Waals surface area contributed by atoms with Crippen LogP contribution >= 0.6 is 0 Å². The first kappa shape index (κ1) is 26.8. The van der Waals surface area contributed by atoms with Crippen LogP contribution in [-0.2, 0) is 24.3 Å². The molecule has 1 heterocycles. The second kappa shape index (κ2) is 11.1. The van der Waals surface area contributed by atoms with Crippen LogP contribution in [0.5, 0.6) is 0 Å². The molecule has 0 aliphatic carbocycles. The Labute approximate surface area is 196 Å². The first-order valence-corrected chi connectivity index (χ1v) is 12.3. The largest absolute Gasteiger partial charge is 0.456 e. The number of ether oxygens (including phenoxy) is 2. The van der Waals surface area contributed by atoms with Crippen LogP contribution in [0.3, 0.4) is 0 Å². The Bertz CT molecular complexity index is 1090. The smallest absolute Gasteiger partial charge is 0.324 e. The Kier molecular flexibility index (Phi) is 8.99. The predicted octanol–water partition coefficient (Wildman–Crippen LogP) is 3.35. The van der Waals surface area contributed by atoms with Crippen molar-refractivity contribution in [2.75, 3.05) is 20.3 Å². The number of hydrogen-bond donors (Lipinski definition) is 1. The average molecular weight is 479 g/mol. The second-order valence-corrected chi connectivity index (χ2v) is 10.4. The maximum Gasteiger partial charge on any atom is 0.324 e. The second-order valence-electron chi connectivity index (χ2n) is 8.65. The number of benzene rings is 1. The normalized spacial score (nSPS) is 13.7. The number of aromatic nitrogens is 1. The maximum absolute atomic E-state index is 12.8. The van der Waals surface area contributed by atoms with Gasteiger partial charge in [0.2, 0.25) is 15.8 Å². The lowest BCUT2D eigenvalue weighted by atomic mass is 10.1.